The van der Waals surface area contributed by atoms with Gasteiger partial charge in [-0.1, -0.05) is 114 Å². The van der Waals surface area contributed by atoms with E-state index in [4.69, 9.17) is 9.40 Å². The van der Waals surface area contributed by atoms with Gasteiger partial charge in [0.2, 0.25) is 0 Å². The summed E-state index contributed by atoms with van der Waals surface area (Å²) in [5, 5.41) is 13.1. The molecule has 1 aliphatic heterocycles. The Kier molecular flexibility index (Phi) is 11.9. The number of para-hydroxylation sites is 1. The predicted octanol–water partition coefficient (Wildman–Crippen LogP) is 13.3. The normalized spacial score (nSPS) is 12.3. The molecule has 0 unspecified atom stereocenters. The molecule has 0 radical (unpaired) electrons. The average molecular weight is 1020 g/mol. The zero-order valence-electron chi connectivity index (χ0n) is 36.0. The Morgan fingerprint density at radius 3 is 2.03 bits per heavy atom. The van der Waals surface area contributed by atoms with Crippen LogP contribution in [-0.2, 0) is 45.8 Å². The number of anilines is 1. The summed E-state index contributed by atoms with van der Waals surface area (Å²) in [6.07, 6.45) is 12.2. The van der Waals surface area contributed by atoms with Gasteiger partial charge in [-0.25, -0.2) is 0 Å². The summed E-state index contributed by atoms with van der Waals surface area (Å²) in [6, 6.07) is 64.8. The van der Waals surface area contributed by atoms with Crippen molar-refractivity contribution in [1.82, 2.24) is 14.8 Å². The van der Waals surface area contributed by atoms with E-state index in [2.05, 4.69) is 169 Å². The Labute approximate surface area is 393 Å². The number of aryl methyl sites for hydroxylation is 5. The van der Waals surface area contributed by atoms with Gasteiger partial charge >= 0.3 is 20.1 Å². The third-order valence-corrected chi connectivity index (χ3v) is 12.3. The molecule has 0 bridgehead atoms. The third-order valence-electron chi connectivity index (χ3n) is 12.3. The number of hydrazone groups is 1. The molecule has 0 saturated heterocycles. The molecule has 0 spiro atoms. The summed E-state index contributed by atoms with van der Waals surface area (Å²) in [4.78, 5) is 4.80. The van der Waals surface area contributed by atoms with Crippen molar-refractivity contribution >= 4 is 33.8 Å². The number of rotatable bonds is 12. The number of furan rings is 1. The van der Waals surface area contributed by atoms with E-state index in [-0.39, 0.29) is 20.1 Å². The molecule has 6 nitrogen and oxygen atoms in total. The molecule has 1 aliphatic rings. The summed E-state index contributed by atoms with van der Waals surface area (Å²) < 4.78 is 8.28. The Morgan fingerprint density at radius 1 is 0.585 bits per heavy atom. The van der Waals surface area contributed by atoms with Crippen molar-refractivity contribution in [3.05, 3.63) is 216 Å². The van der Waals surface area contributed by atoms with Gasteiger partial charge in [-0.2, -0.15) is 57.7 Å². The largest absolute Gasteiger partial charge is 3.00 e. The molecule has 0 fully saturated rings. The second-order valence-corrected chi connectivity index (χ2v) is 16.6. The standard InChI is InChI=1S/C58H44N5O.Ir/c1-40-12-29-56(59-39-40)46-22-27-52(55(37-46)45-21-28-54-53-10-4-5-11-57(53)64-58(54)38-45)51-9-3-2-8-50(51)47-35-43(15-13-41-17-23-48(24-18-41)62-32-6-30-60-62)34-44(36-47)16-14-42-19-25-49(26-20-42)63-33-7-31-61-63;/h2-6,8-12,17-21,23,25,27-32,34-39H,7,13-16,33H2,1H3;/q-3;+3. The van der Waals surface area contributed by atoms with Gasteiger partial charge in [0.15, 0.2) is 0 Å². The molecule has 0 aliphatic carbocycles. The predicted molar refractivity (Wildman–Crippen MR) is 260 cm³/mol. The monoisotopic (exact) mass is 1020 g/mol. The molecular formula is C58H44IrN5O. The van der Waals surface area contributed by atoms with E-state index >= 15 is 0 Å². The van der Waals surface area contributed by atoms with Crippen LogP contribution in [0.2, 0.25) is 0 Å². The first-order valence-corrected chi connectivity index (χ1v) is 22.0. The Bertz CT molecular complexity index is 3280. The molecule has 0 amide bonds. The van der Waals surface area contributed by atoms with Gasteiger partial charge in [-0.15, -0.1) is 35.9 Å². The molecule has 7 aromatic carbocycles. The van der Waals surface area contributed by atoms with Gasteiger partial charge in [-0.05, 0) is 88.8 Å². The maximum atomic E-state index is 6.43. The molecule has 4 heterocycles. The quantitative estimate of drug-likeness (QED) is 0.114. The van der Waals surface area contributed by atoms with Crippen LogP contribution in [0.4, 0.5) is 5.69 Å². The van der Waals surface area contributed by atoms with Crippen molar-refractivity contribution in [3.8, 4) is 50.3 Å². The summed E-state index contributed by atoms with van der Waals surface area (Å²) in [5.74, 6) is 0. The van der Waals surface area contributed by atoms with Gasteiger partial charge in [-0.3, -0.25) is 9.69 Å². The zero-order chi connectivity index (χ0) is 42.8. The fourth-order valence-electron chi connectivity index (χ4n) is 8.88. The van der Waals surface area contributed by atoms with E-state index in [0.717, 1.165) is 111 Å². The first kappa shape index (κ1) is 41.8. The summed E-state index contributed by atoms with van der Waals surface area (Å²) in [6.45, 7) is 2.97. The van der Waals surface area contributed by atoms with E-state index in [1.165, 1.54) is 33.4 Å². The summed E-state index contributed by atoms with van der Waals surface area (Å²) >= 11 is 0. The summed E-state index contributed by atoms with van der Waals surface area (Å²) in [5.41, 5.74) is 18.5. The fourth-order valence-corrected chi connectivity index (χ4v) is 8.88. The van der Waals surface area contributed by atoms with Crippen molar-refractivity contribution in [2.24, 2.45) is 5.10 Å². The maximum absolute atomic E-state index is 6.43. The zero-order valence-corrected chi connectivity index (χ0v) is 38.4. The van der Waals surface area contributed by atoms with Crippen LogP contribution in [0.1, 0.15) is 34.2 Å². The van der Waals surface area contributed by atoms with E-state index < -0.39 is 0 Å². The molecule has 65 heavy (non-hydrogen) atoms. The van der Waals surface area contributed by atoms with Crippen LogP contribution in [0.25, 0.3) is 72.3 Å². The van der Waals surface area contributed by atoms with Crippen molar-refractivity contribution in [1.29, 1.82) is 0 Å². The number of benzene rings is 7. The van der Waals surface area contributed by atoms with Crippen LogP contribution in [0, 0.1) is 25.1 Å². The number of hydrogen-bond donors (Lipinski definition) is 0. The van der Waals surface area contributed by atoms with Crippen LogP contribution in [0.5, 0.6) is 0 Å². The van der Waals surface area contributed by atoms with Gasteiger partial charge in [0.1, 0.15) is 11.2 Å². The minimum Gasteiger partial charge on any atom is -0.456 e. The van der Waals surface area contributed by atoms with Crippen LogP contribution < -0.4 is 5.01 Å². The molecule has 0 N–H and O–H groups in total. The minimum atomic E-state index is 0. The SMILES string of the molecule is Cc1ccc(-c2[c-]cc(-c3ccccc3-c3cc(CCc4c[c-]c(N5CCC=N5)cc4)cc(CCc4c[c-]c(-n5cccn5)cc4)c3)c(-c3ccc4c(c3)oc3ccccc34)c2)nc1.[Ir+3]. The topological polar surface area (TPSA) is 59.5 Å². The molecule has 0 saturated carbocycles. The number of nitrogens with zero attached hydrogens (tertiary/aromatic N) is 5. The Morgan fingerprint density at radius 2 is 1.32 bits per heavy atom. The summed E-state index contributed by atoms with van der Waals surface area (Å²) in [7, 11) is 0. The Balaban J connectivity index is 0.00000498. The molecule has 11 rings (SSSR count). The van der Waals surface area contributed by atoms with E-state index in [0.29, 0.717) is 0 Å². The number of fused-ring (bicyclic) bond motifs is 3. The molecule has 10 aromatic rings. The number of aromatic nitrogens is 3. The number of pyridine rings is 1. The average Bonchev–Trinajstić information content (AvgIpc) is 4.16. The van der Waals surface area contributed by atoms with Crippen molar-refractivity contribution in [2.75, 3.05) is 11.6 Å². The van der Waals surface area contributed by atoms with Gasteiger partial charge in [0.25, 0.3) is 0 Å². The Hall–Kier alpha value is -7.18. The van der Waals surface area contributed by atoms with Gasteiger partial charge in [0.05, 0.1) is 0 Å². The van der Waals surface area contributed by atoms with Gasteiger partial charge in [0, 0.05) is 48.5 Å². The van der Waals surface area contributed by atoms with Crippen LogP contribution in [0.3, 0.4) is 0 Å². The van der Waals surface area contributed by atoms with Crippen molar-refractivity contribution < 1.29 is 24.5 Å². The number of hydrogen-bond acceptors (Lipinski definition) is 5. The molecule has 7 heteroatoms. The van der Waals surface area contributed by atoms with Gasteiger partial charge < -0.3 is 9.40 Å². The van der Waals surface area contributed by atoms with Crippen LogP contribution in [0.15, 0.2) is 180 Å². The van der Waals surface area contributed by atoms with E-state index in [1.54, 1.807) is 6.20 Å². The smallest absolute Gasteiger partial charge is 0.456 e. The minimum absolute atomic E-state index is 0. The van der Waals surface area contributed by atoms with Crippen molar-refractivity contribution in [2.45, 2.75) is 39.0 Å². The van der Waals surface area contributed by atoms with Crippen molar-refractivity contribution in [3.63, 3.8) is 0 Å². The maximum Gasteiger partial charge on any atom is 3.00 e. The molecule has 3 aromatic heterocycles. The molecular weight excluding hydrogens is 975 g/mol. The first-order chi connectivity index (χ1) is 31.6. The molecule has 316 valence electrons. The second kappa shape index (κ2) is 18.5. The fraction of sp³-hybridized carbons (Fsp3) is 0.121. The molecule has 0 atom stereocenters. The van der Waals surface area contributed by atoms with Crippen LogP contribution in [-0.4, -0.2) is 27.5 Å². The second-order valence-electron chi connectivity index (χ2n) is 16.6. The first-order valence-electron chi connectivity index (χ1n) is 22.0. The van der Waals surface area contributed by atoms with E-state index in [1.807, 2.05) is 46.5 Å². The van der Waals surface area contributed by atoms with E-state index in [9.17, 15) is 0 Å². The third kappa shape index (κ3) is 8.86. The van der Waals surface area contributed by atoms with Crippen LogP contribution >= 0.6 is 0 Å².